The molecule has 0 saturated carbocycles. The number of hydrogen-bond donors (Lipinski definition) is 1. The molecular formula is C13H18BrNO3. The van der Waals surface area contributed by atoms with Crippen LogP contribution in [0.25, 0.3) is 0 Å². The van der Waals surface area contributed by atoms with Gasteiger partial charge in [-0.15, -0.1) is 0 Å². The molecule has 1 aromatic carbocycles. The topological polar surface area (TPSA) is 61.5 Å². The number of hydrogen-bond acceptors (Lipinski definition) is 4. The zero-order valence-corrected chi connectivity index (χ0v) is 12.2. The van der Waals surface area contributed by atoms with Crippen molar-refractivity contribution >= 4 is 21.9 Å². The van der Waals surface area contributed by atoms with Gasteiger partial charge in [0.25, 0.3) is 0 Å². The zero-order chi connectivity index (χ0) is 13.5. The Hall–Kier alpha value is -1.07. The molecule has 0 saturated heterocycles. The predicted octanol–water partition coefficient (Wildman–Crippen LogP) is 2.28. The fourth-order valence-corrected chi connectivity index (χ4v) is 2.02. The van der Waals surface area contributed by atoms with Gasteiger partial charge in [-0.2, -0.15) is 0 Å². The van der Waals surface area contributed by atoms with E-state index in [2.05, 4.69) is 15.9 Å². The number of nitrogens with two attached hydrogens (primary N) is 1. The molecule has 5 heteroatoms. The average molecular weight is 316 g/mol. The fourth-order valence-electron chi connectivity index (χ4n) is 1.52. The van der Waals surface area contributed by atoms with Gasteiger partial charge in [-0.3, -0.25) is 0 Å². The van der Waals surface area contributed by atoms with E-state index in [0.29, 0.717) is 25.3 Å². The molecule has 0 fully saturated rings. The van der Waals surface area contributed by atoms with Gasteiger partial charge < -0.3 is 15.2 Å². The minimum Gasteiger partial charge on any atom is -0.478 e. The molecule has 0 spiro atoms. The molecule has 0 aliphatic carbocycles. The van der Waals surface area contributed by atoms with E-state index in [9.17, 15) is 4.79 Å². The van der Waals surface area contributed by atoms with E-state index in [-0.39, 0.29) is 5.97 Å². The Labute approximate surface area is 116 Å². The summed E-state index contributed by atoms with van der Waals surface area (Å²) in [4.78, 5) is 11.5. The van der Waals surface area contributed by atoms with Crippen LogP contribution in [0.3, 0.4) is 0 Å². The summed E-state index contributed by atoms with van der Waals surface area (Å²) in [6.07, 6.45) is 0.0600. The molecule has 0 heterocycles. The van der Waals surface area contributed by atoms with E-state index in [1.807, 2.05) is 18.2 Å². The van der Waals surface area contributed by atoms with E-state index < -0.39 is 6.10 Å². The van der Waals surface area contributed by atoms with Crippen LogP contribution in [-0.4, -0.2) is 25.2 Å². The van der Waals surface area contributed by atoms with Crippen molar-refractivity contribution in [2.75, 3.05) is 13.2 Å². The second-order valence-electron chi connectivity index (χ2n) is 3.78. The van der Waals surface area contributed by atoms with Crippen LogP contribution < -0.4 is 10.5 Å². The van der Waals surface area contributed by atoms with Crippen LogP contribution in [0.5, 0.6) is 5.75 Å². The molecule has 1 atom stereocenters. The highest BCUT2D eigenvalue weighted by Crippen LogP contribution is 2.30. The van der Waals surface area contributed by atoms with Crippen molar-refractivity contribution in [2.45, 2.75) is 26.4 Å². The largest absolute Gasteiger partial charge is 0.478 e. The van der Waals surface area contributed by atoms with Crippen LogP contribution in [0.2, 0.25) is 0 Å². The first-order chi connectivity index (χ1) is 8.60. The number of benzene rings is 1. The van der Waals surface area contributed by atoms with E-state index in [1.54, 1.807) is 13.8 Å². The maximum atomic E-state index is 11.5. The van der Waals surface area contributed by atoms with Crippen LogP contribution in [0, 0.1) is 0 Å². The SMILES string of the molecule is CCOC(=O)C(C)Oc1c(Br)cccc1CCN. The number of para-hydroxylation sites is 1. The summed E-state index contributed by atoms with van der Waals surface area (Å²) >= 11 is 3.42. The smallest absolute Gasteiger partial charge is 0.347 e. The number of rotatable bonds is 6. The standard InChI is InChI=1S/C13H18BrNO3/c1-3-17-13(16)9(2)18-12-10(7-8-15)5-4-6-11(12)14/h4-6,9H,3,7-8,15H2,1-2H3. The summed E-state index contributed by atoms with van der Waals surface area (Å²) in [5.41, 5.74) is 6.53. The van der Waals surface area contributed by atoms with Crippen molar-refractivity contribution in [3.05, 3.63) is 28.2 Å². The summed E-state index contributed by atoms with van der Waals surface area (Å²) in [6, 6.07) is 5.72. The Balaban J connectivity index is 2.85. The van der Waals surface area contributed by atoms with Gasteiger partial charge in [-0.05, 0) is 54.4 Å². The van der Waals surface area contributed by atoms with Gasteiger partial charge in [-0.1, -0.05) is 12.1 Å². The lowest BCUT2D eigenvalue weighted by Crippen LogP contribution is -2.26. The van der Waals surface area contributed by atoms with Crippen molar-refractivity contribution in [1.29, 1.82) is 0 Å². The molecule has 1 unspecified atom stereocenters. The van der Waals surface area contributed by atoms with Gasteiger partial charge in [0.1, 0.15) is 5.75 Å². The van der Waals surface area contributed by atoms with Gasteiger partial charge in [0.15, 0.2) is 6.10 Å². The second-order valence-corrected chi connectivity index (χ2v) is 4.63. The minimum absolute atomic E-state index is 0.345. The molecule has 18 heavy (non-hydrogen) atoms. The van der Waals surface area contributed by atoms with E-state index in [4.69, 9.17) is 15.2 Å². The third-order valence-electron chi connectivity index (χ3n) is 2.38. The third-order valence-corrected chi connectivity index (χ3v) is 3.00. The summed E-state index contributed by atoms with van der Waals surface area (Å²) in [5.74, 6) is 0.287. The molecule has 0 aliphatic rings. The van der Waals surface area contributed by atoms with E-state index in [0.717, 1.165) is 10.0 Å². The van der Waals surface area contributed by atoms with Crippen molar-refractivity contribution in [3.8, 4) is 5.75 Å². The molecule has 1 rings (SSSR count). The summed E-state index contributed by atoms with van der Waals surface area (Å²) in [6.45, 7) is 4.31. The molecule has 0 aromatic heterocycles. The minimum atomic E-state index is -0.639. The van der Waals surface area contributed by atoms with Gasteiger partial charge in [0.05, 0.1) is 11.1 Å². The van der Waals surface area contributed by atoms with Crippen molar-refractivity contribution in [1.82, 2.24) is 0 Å². The molecule has 2 N–H and O–H groups in total. The molecule has 0 radical (unpaired) electrons. The molecule has 0 aliphatic heterocycles. The third kappa shape index (κ3) is 3.99. The Morgan fingerprint density at radius 1 is 1.50 bits per heavy atom. The number of ether oxygens (including phenoxy) is 2. The zero-order valence-electron chi connectivity index (χ0n) is 10.6. The molecule has 0 bridgehead atoms. The summed E-state index contributed by atoms with van der Waals surface area (Å²) < 4.78 is 11.4. The quantitative estimate of drug-likeness (QED) is 0.818. The molecule has 0 amide bonds. The van der Waals surface area contributed by atoms with Gasteiger partial charge in [0, 0.05) is 0 Å². The summed E-state index contributed by atoms with van der Waals surface area (Å²) in [7, 11) is 0. The number of halogens is 1. The fraction of sp³-hybridized carbons (Fsp3) is 0.462. The number of carbonyl (C=O) groups excluding carboxylic acids is 1. The van der Waals surface area contributed by atoms with Gasteiger partial charge in [0.2, 0.25) is 0 Å². The number of carbonyl (C=O) groups is 1. The Bertz CT molecular complexity index is 409. The van der Waals surface area contributed by atoms with Gasteiger partial charge >= 0.3 is 5.97 Å². The highest BCUT2D eigenvalue weighted by molar-refractivity contribution is 9.10. The van der Waals surface area contributed by atoms with E-state index in [1.165, 1.54) is 0 Å². The Kier molecular flexibility index (Phi) is 6.15. The highest BCUT2D eigenvalue weighted by Gasteiger charge is 2.18. The predicted molar refractivity (Wildman–Crippen MR) is 73.6 cm³/mol. The summed E-state index contributed by atoms with van der Waals surface area (Å²) in [5, 5.41) is 0. The molecule has 1 aromatic rings. The molecule has 100 valence electrons. The monoisotopic (exact) mass is 315 g/mol. The van der Waals surface area contributed by atoms with Crippen LogP contribution in [0.15, 0.2) is 22.7 Å². The Morgan fingerprint density at radius 2 is 2.22 bits per heavy atom. The highest BCUT2D eigenvalue weighted by atomic mass is 79.9. The first kappa shape index (κ1) is 15.0. The first-order valence-electron chi connectivity index (χ1n) is 5.90. The Morgan fingerprint density at radius 3 is 2.83 bits per heavy atom. The van der Waals surface area contributed by atoms with Crippen LogP contribution >= 0.6 is 15.9 Å². The van der Waals surface area contributed by atoms with Crippen molar-refractivity contribution < 1.29 is 14.3 Å². The molecular weight excluding hydrogens is 298 g/mol. The first-order valence-corrected chi connectivity index (χ1v) is 6.70. The average Bonchev–Trinajstić information content (AvgIpc) is 2.34. The number of esters is 1. The lowest BCUT2D eigenvalue weighted by molar-refractivity contribution is -0.150. The van der Waals surface area contributed by atoms with Crippen molar-refractivity contribution in [2.24, 2.45) is 5.73 Å². The van der Waals surface area contributed by atoms with E-state index >= 15 is 0 Å². The lowest BCUT2D eigenvalue weighted by atomic mass is 10.1. The maximum Gasteiger partial charge on any atom is 0.347 e. The normalized spacial score (nSPS) is 12.0. The van der Waals surface area contributed by atoms with Crippen LogP contribution in [0.1, 0.15) is 19.4 Å². The van der Waals surface area contributed by atoms with Gasteiger partial charge in [-0.25, -0.2) is 4.79 Å². The maximum absolute atomic E-state index is 11.5. The second kappa shape index (κ2) is 7.38. The van der Waals surface area contributed by atoms with Crippen LogP contribution in [0.4, 0.5) is 0 Å². The van der Waals surface area contributed by atoms with Crippen molar-refractivity contribution in [3.63, 3.8) is 0 Å². The van der Waals surface area contributed by atoms with Crippen LogP contribution in [-0.2, 0) is 16.0 Å². The molecule has 4 nitrogen and oxygen atoms in total. The lowest BCUT2D eigenvalue weighted by Gasteiger charge is -2.17.